The molecule has 0 N–H and O–H groups in total. The number of nitrogens with zero attached hydrogens (tertiary/aromatic N) is 1. The van der Waals surface area contributed by atoms with Gasteiger partial charge in [-0.05, 0) is 38.5 Å². The highest BCUT2D eigenvalue weighted by atomic mass is 16.6. The van der Waals surface area contributed by atoms with Crippen LogP contribution in [0.2, 0.25) is 0 Å². The van der Waals surface area contributed by atoms with Gasteiger partial charge in [0.1, 0.15) is 5.60 Å². The summed E-state index contributed by atoms with van der Waals surface area (Å²) in [4.78, 5) is 12.7. The van der Waals surface area contributed by atoms with Gasteiger partial charge in [0.2, 0.25) is 0 Å². The van der Waals surface area contributed by atoms with Gasteiger partial charge in [0.25, 0.3) is 0 Å². The molecule has 0 bridgehead atoms. The molecule has 0 saturated heterocycles. The number of rotatable bonds is 3. The molecule has 0 saturated carbocycles. The van der Waals surface area contributed by atoms with Crippen molar-refractivity contribution >= 4 is 23.1 Å². The molecule has 0 aliphatic rings. The lowest BCUT2D eigenvalue weighted by molar-refractivity contribution is 0.0541. The number of hydrogen-bond acceptors (Lipinski definition) is 2. The average molecular weight is 333 g/mol. The zero-order chi connectivity index (χ0) is 17.9. The number of hydrogen-bond donors (Lipinski definition) is 0. The molecule has 0 amide bonds. The Bertz CT molecular complexity index is 899. The van der Waals surface area contributed by atoms with E-state index in [1.165, 1.54) is 0 Å². The number of allylic oxidation sites excluding steroid dienone is 1. The molecule has 0 unspecified atom stereocenters. The van der Waals surface area contributed by atoms with Gasteiger partial charge in [-0.2, -0.15) is 0 Å². The molecule has 3 nitrogen and oxygen atoms in total. The van der Waals surface area contributed by atoms with Crippen LogP contribution in [0.25, 0.3) is 17.0 Å². The predicted octanol–water partition coefficient (Wildman–Crippen LogP) is 5.68. The van der Waals surface area contributed by atoms with Crippen LogP contribution >= 0.6 is 0 Å². The Morgan fingerprint density at radius 1 is 1.04 bits per heavy atom. The first-order valence-electron chi connectivity index (χ1n) is 8.48. The smallest absolute Gasteiger partial charge is 0.419 e. The first kappa shape index (κ1) is 17.0. The molecular weight excluding hydrogens is 310 g/mol. The van der Waals surface area contributed by atoms with Gasteiger partial charge in [-0.1, -0.05) is 60.7 Å². The molecule has 3 rings (SSSR count). The van der Waals surface area contributed by atoms with Gasteiger partial charge in [0, 0.05) is 17.5 Å². The molecule has 0 fully saturated rings. The van der Waals surface area contributed by atoms with E-state index < -0.39 is 5.60 Å². The number of carbonyl (C=O) groups excluding carboxylic acids is 1. The Hall–Kier alpha value is -2.81. The van der Waals surface area contributed by atoms with Crippen LogP contribution in [0.1, 0.15) is 32.0 Å². The van der Waals surface area contributed by atoms with Crippen molar-refractivity contribution in [3.63, 3.8) is 0 Å². The second-order valence-electron chi connectivity index (χ2n) is 7.03. The van der Waals surface area contributed by atoms with Crippen molar-refractivity contribution in [1.82, 2.24) is 4.57 Å². The Balaban J connectivity index is 1.93. The Morgan fingerprint density at radius 3 is 2.44 bits per heavy atom. The highest BCUT2D eigenvalue weighted by Crippen LogP contribution is 2.22. The van der Waals surface area contributed by atoms with Crippen molar-refractivity contribution in [1.29, 1.82) is 0 Å². The van der Waals surface area contributed by atoms with E-state index in [1.807, 2.05) is 63.2 Å². The Kier molecular flexibility index (Phi) is 4.75. The van der Waals surface area contributed by atoms with E-state index >= 15 is 0 Å². The molecule has 3 heteroatoms. The lowest BCUT2D eigenvalue weighted by Crippen LogP contribution is -2.27. The van der Waals surface area contributed by atoms with E-state index in [2.05, 4.69) is 30.4 Å². The summed E-state index contributed by atoms with van der Waals surface area (Å²) >= 11 is 0. The van der Waals surface area contributed by atoms with Crippen LogP contribution < -0.4 is 0 Å². The molecule has 0 spiro atoms. The molecule has 128 valence electrons. The molecule has 2 aromatic carbocycles. The molecular formula is C22H23NO2. The second-order valence-corrected chi connectivity index (χ2v) is 7.03. The minimum absolute atomic E-state index is 0.336. The van der Waals surface area contributed by atoms with Gasteiger partial charge in [-0.3, -0.25) is 0 Å². The summed E-state index contributed by atoms with van der Waals surface area (Å²) in [6, 6.07) is 20.1. The molecule has 3 aromatic rings. The molecule has 25 heavy (non-hydrogen) atoms. The van der Waals surface area contributed by atoms with Crippen LogP contribution in [-0.2, 0) is 11.2 Å². The van der Waals surface area contributed by atoms with Crippen molar-refractivity contribution in [2.24, 2.45) is 0 Å². The quantitative estimate of drug-likeness (QED) is 0.617. The lowest BCUT2D eigenvalue weighted by atomic mass is 10.2. The Morgan fingerprint density at radius 2 is 1.72 bits per heavy atom. The van der Waals surface area contributed by atoms with E-state index in [0.29, 0.717) is 6.42 Å². The Labute approximate surface area is 148 Å². The van der Waals surface area contributed by atoms with Crippen LogP contribution in [0.3, 0.4) is 0 Å². The fourth-order valence-electron chi connectivity index (χ4n) is 2.77. The zero-order valence-corrected chi connectivity index (χ0v) is 14.9. The molecule has 1 heterocycles. The molecule has 0 aliphatic carbocycles. The van der Waals surface area contributed by atoms with Crippen molar-refractivity contribution < 1.29 is 9.53 Å². The normalized spacial score (nSPS) is 12.0. The summed E-state index contributed by atoms with van der Waals surface area (Å²) in [5.41, 5.74) is 2.41. The first-order valence-corrected chi connectivity index (χ1v) is 8.48. The van der Waals surface area contributed by atoms with E-state index in [9.17, 15) is 4.79 Å². The van der Waals surface area contributed by atoms with Crippen molar-refractivity contribution in [2.45, 2.75) is 32.8 Å². The fourth-order valence-corrected chi connectivity index (χ4v) is 2.77. The van der Waals surface area contributed by atoms with E-state index in [4.69, 9.17) is 4.74 Å². The number of carbonyl (C=O) groups is 1. The number of benzene rings is 2. The van der Waals surface area contributed by atoms with E-state index in [-0.39, 0.29) is 6.09 Å². The van der Waals surface area contributed by atoms with Gasteiger partial charge in [-0.15, -0.1) is 0 Å². The second kappa shape index (κ2) is 6.98. The van der Waals surface area contributed by atoms with Gasteiger partial charge in [-0.25, -0.2) is 9.36 Å². The fraction of sp³-hybridized carbons (Fsp3) is 0.227. The highest BCUT2D eigenvalue weighted by molar-refractivity contribution is 5.91. The van der Waals surface area contributed by atoms with Crippen molar-refractivity contribution in [2.75, 3.05) is 0 Å². The SMILES string of the molecule is CC(C)(C)OC(=O)n1c(C/C=C/c2ccccc2)cc2ccccc21. The number of fused-ring (bicyclic) bond motifs is 1. The minimum Gasteiger partial charge on any atom is -0.443 e. The average Bonchev–Trinajstić information content (AvgIpc) is 2.92. The third kappa shape index (κ3) is 4.18. The summed E-state index contributed by atoms with van der Waals surface area (Å²) in [7, 11) is 0. The molecule has 0 radical (unpaired) electrons. The number of ether oxygens (including phenoxy) is 1. The van der Waals surface area contributed by atoms with Crippen LogP contribution in [0.5, 0.6) is 0 Å². The maximum atomic E-state index is 12.7. The minimum atomic E-state index is -0.528. The largest absolute Gasteiger partial charge is 0.443 e. The van der Waals surface area contributed by atoms with Crippen LogP contribution in [0, 0.1) is 0 Å². The van der Waals surface area contributed by atoms with Crippen molar-refractivity contribution in [3.05, 3.63) is 78.0 Å². The highest BCUT2D eigenvalue weighted by Gasteiger charge is 2.21. The predicted molar refractivity (Wildman–Crippen MR) is 103 cm³/mol. The zero-order valence-electron chi connectivity index (χ0n) is 14.9. The summed E-state index contributed by atoms with van der Waals surface area (Å²) in [5, 5.41) is 1.04. The monoisotopic (exact) mass is 333 g/mol. The summed E-state index contributed by atoms with van der Waals surface area (Å²) in [6.07, 6.45) is 4.46. The van der Waals surface area contributed by atoms with E-state index in [0.717, 1.165) is 22.2 Å². The molecule has 1 aromatic heterocycles. The van der Waals surface area contributed by atoms with E-state index in [1.54, 1.807) is 4.57 Å². The standard InChI is InChI=1S/C22H23NO2/c1-22(2,3)25-21(24)23-19(16-18-13-7-8-15-20(18)23)14-9-12-17-10-5-4-6-11-17/h4-13,15-16H,14H2,1-3H3/b12-9+. The maximum Gasteiger partial charge on any atom is 0.419 e. The number of aromatic nitrogens is 1. The molecule has 0 atom stereocenters. The third-order valence-electron chi connectivity index (χ3n) is 3.80. The van der Waals surface area contributed by atoms with Crippen LogP contribution in [0.4, 0.5) is 4.79 Å². The lowest BCUT2D eigenvalue weighted by Gasteiger charge is -2.20. The van der Waals surface area contributed by atoms with Crippen LogP contribution in [-0.4, -0.2) is 16.3 Å². The summed E-state index contributed by atoms with van der Waals surface area (Å²) < 4.78 is 7.27. The third-order valence-corrected chi connectivity index (χ3v) is 3.80. The number of para-hydroxylation sites is 1. The first-order chi connectivity index (χ1) is 11.9. The van der Waals surface area contributed by atoms with Gasteiger partial charge < -0.3 is 4.74 Å². The topological polar surface area (TPSA) is 31.2 Å². The van der Waals surface area contributed by atoms with Crippen LogP contribution in [0.15, 0.2) is 66.7 Å². The summed E-state index contributed by atoms with van der Waals surface area (Å²) in [5.74, 6) is 0. The van der Waals surface area contributed by atoms with Gasteiger partial charge in [0.05, 0.1) is 5.52 Å². The molecule has 0 aliphatic heterocycles. The van der Waals surface area contributed by atoms with Crippen molar-refractivity contribution in [3.8, 4) is 0 Å². The maximum absolute atomic E-state index is 12.7. The van der Waals surface area contributed by atoms with Gasteiger partial charge >= 0.3 is 6.09 Å². The summed E-state index contributed by atoms with van der Waals surface area (Å²) in [6.45, 7) is 5.64. The van der Waals surface area contributed by atoms with Gasteiger partial charge in [0.15, 0.2) is 0 Å².